The Labute approximate surface area is 283 Å². The molecule has 0 unspecified atom stereocenters. The number of ether oxygens (including phenoxy) is 2. The molecule has 3 fully saturated rings. The fourth-order valence-corrected chi connectivity index (χ4v) is 8.75. The maximum atomic E-state index is 13.6. The van der Waals surface area contributed by atoms with Gasteiger partial charge in [-0.15, -0.1) is 0 Å². The van der Waals surface area contributed by atoms with Crippen LogP contribution < -0.4 is 20.9 Å². The van der Waals surface area contributed by atoms with Gasteiger partial charge in [0.05, 0.1) is 25.6 Å². The van der Waals surface area contributed by atoms with E-state index in [-0.39, 0.29) is 42.5 Å². The van der Waals surface area contributed by atoms with E-state index in [9.17, 15) is 23.8 Å². The molecule has 2 aliphatic heterocycles. The summed E-state index contributed by atoms with van der Waals surface area (Å²) in [4.78, 5) is 44.1. The van der Waals surface area contributed by atoms with Gasteiger partial charge in [-0.05, 0) is 26.4 Å². The number of hydrogen-bond acceptors (Lipinski definition) is 16. The fraction of sp³-hybridized carbons (Fsp3) is 0.600. The van der Waals surface area contributed by atoms with E-state index in [0.29, 0.717) is 25.3 Å². The summed E-state index contributed by atoms with van der Waals surface area (Å²) in [6.45, 7) is -8.38. The van der Waals surface area contributed by atoms with Crippen molar-refractivity contribution < 1.29 is 46.6 Å². The monoisotopic (exact) mass is 748 g/mol. The van der Waals surface area contributed by atoms with Crippen LogP contribution in [0.15, 0.2) is 29.7 Å². The number of nitrogens with one attached hydrogen (secondary N) is 3. The molecule has 2 bridgehead atoms. The standard InChI is InChI=1S/C25H34N8O11P2S2/c1-26-5-2-3-17(34)30-25-31-22-19(23(36)32-25)29-12-33(22)24-21-20(35)16(42-24)10-40-45(37,47)43-15-8-14(41-18-4-6-27-11-28-18)7-13(15)9-39-46(38,48)44-21/h4,6,11-16,20-21,24,26,35H,2-3,5,7-10H2,1H3,(H,37,47)(H,38,48)(H2,30,31,32,34,36)/t13-,14-,15+,16-,20-,21-,24-,45-,46-/m1/s1. The number of nitrogens with zero attached hydrogens (tertiary/aromatic N) is 5. The molecule has 48 heavy (non-hydrogen) atoms. The minimum absolute atomic E-state index is 0.0422. The molecule has 1 saturated carbocycles. The number of hydrogen-bond donors (Lipinski definition) is 6. The van der Waals surface area contributed by atoms with Gasteiger partial charge >= 0.3 is 13.6 Å². The first-order valence-electron chi connectivity index (χ1n) is 14.9. The maximum absolute atomic E-state index is 13.6. The Morgan fingerprint density at radius 2 is 1.96 bits per heavy atom. The number of fused-ring (bicyclic) bond motifs is 4. The zero-order valence-electron chi connectivity index (χ0n) is 25.4. The number of carbonyl (C=O) groups excluding carboxylic acids is 1. The number of carbonyl (C=O) groups is 1. The van der Waals surface area contributed by atoms with Crippen LogP contribution in [-0.2, 0) is 36.8 Å². The van der Waals surface area contributed by atoms with Crippen molar-refractivity contribution in [3.8, 4) is 5.88 Å². The molecule has 0 radical (unpaired) electrons. The summed E-state index contributed by atoms with van der Waals surface area (Å²) in [6.07, 6.45) is -1.29. The normalized spacial score (nSPS) is 34.1. The number of rotatable bonds is 8. The zero-order valence-corrected chi connectivity index (χ0v) is 28.9. The van der Waals surface area contributed by atoms with Gasteiger partial charge in [-0.25, -0.2) is 24.1 Å². The van der Waals surface area contributed by atoms with E-state index in [1.165, 1.54) is 23.4 Å². The van der Waals surface area contributed by atoms with Gasteiger partial charge in [0.1, 0.15) is 30.7 Å². The molecule has 2 saturated heterocycles. The van der Waals surface area contributed by atoms with Crippen molar-refractivity contribution in [1.82, 2.24) is 34.8 Å². The Morgan fingerprint density at radius 1 is 1.17 bits per heavy atom. The lowest BCUT2D eigenvalue weighted by Crippen LogP contribution is -2.35. The highest BCUT2D eigenvalue weighted by Crippen LogP contribution is 2.60. The van der Waals surface area contributed by atoms with Crippen LogP contribution in [0, 0.1) is 5.92 Å². The summed E-state index contributed by atoms with van der Waals surface area (Å²) in [5.74, 6) is -0.699. The molecule has 4 N–H and O–H groups in total. The molecule has 6 rings (SSSR count). The highest BCUT2D eigenvalue weighted by atomic mass is 32.7. The van der Waals surface area contributed by atoms with Crippen molar-refractivity contribution in [2.45, 2.75) is 62.4 Å². The third-order valence-electron chi connectivity index (χ3n) is 7.91. The van der Waals surface area contributed by atoms with Gasteiger partial charge in [0.2, 0.25) is 17.7 Å². The van der Waals surface area contributed by atoms with Crippen LogP contribution in [0.1, 0.15) is 31.9 Å². The topological polar surface area (TPSA) is 240 Å². The van der Waals surface area contributed by atoms with E-state index in [1.54, 1.807) is 13.1 Å². The number of aromatic amines is 1. The second kappa shape index (κ2) is 14.8. The van der Waals surface area contributed by atoms with E-state index >= 15 is 0 Å². The van der Waals surface area contributed by atoms with Gasteiger partial charge < -0.3 is 24.4 Å². The average Bonchev–Trinajstić information content (AvgIpc) is 3.70. The van der Waals surface area contributed by atoms with Crippen molar-refractivity contribution in [2.75, 3.05) is 32.1 Å². The quantitative estimate of drug-likeness (QED) is 0.109. The summed E-state index contributed by atoms with van der Waals surface area (Å²) >= 11 is 8.32. The van der Waals surface area contributed by atoms with Crippen molar-refractivity contribution in [3.63, 3.8) is 0 Å². The fourth-order valence-electron chi connectivity index (χ4n) is 5.69. The maximum Gasteiger partial charge on any atom is 0.386 e. The lowest BCUT2D eigenvalue weighted by atomic mass is 10.1. The van der Waals surface area contributed by atoms with Gasteiger partial charge in [0.25, 0.3) is 5.56 Å². The van der Waals surface area contributed by atoms with Gasteiger partial charge in [-0.3, -0.25) is 38.0 Å². The van der Waals surface area contributed by atoms with Crippen LogP contribution in [0.3, 0.4) is 0 Å². The number of aliphatic hydroxyl groups excluding tert-OH is 1. The number of amides is 1. The van der Waals surface area contributed by atoms with Crippen LogP contribution in [0.25, 0.3) is 11.2 Å². The molecule has 0 aromatic carbocycles. The van der Waals surface area contributed by atoms with Crippen LogP contribution >= 0.6 is 38.1 Å². The first-order chi connectivity index (χ1) is 22.9. The highest BCUT2D eigenvalue weighted by Gasteiger charge is 2.51. The summed E-state index contributed by atoms with van der Waals surface area (Å²) in [5, 5.41) is 16.8. The number of thiol groups is 2. The second-order valence-electron chi connectivity index (χ2n) is 11.3. The smallest absolute Gasteiger partial charge is 0.386 e. The molecule has 3 aromatic heterocycles. The molecule has 5 heterocycles. The van der Waals surface area contributed by atoms with E-state index in [0.717, 1.165) is 0 Å². The summed E-state index contributed by atoms with van der Waals surface area (Å²) in [7, 11) is 1.76. The first-order valence-corrected chi connectivity index (χ1v) is 20.3. The second-order valence-corrected chi connectivity index (χ2v) is 17.1. The molecule has 23 heteroatoms. The molecular formula is C25H34N8O11P2S2. The lowest BCUT2D eigenvalue weighted by Gasteiger charge is -2.26. The number of anilines is 1. The Bertz CT molecular complexity index is 1770. The Hall–Kier alpha value is -2.42. The predicted molar refractivity (Wildman–Crippen MR) is 174 cm³/mol. The Kier molecular flexibility index (Phi) is 10.9. The molecule has 1 aliphatic carbocycles. The van der Waals surface area contributed by atoms with Gasteiger partial charge in [0.15, 0.2) is 17.4 Å². The van der Waals surface area contributed by atoms with Gasteiger partial charge in [-0.2, -0.15) is 4.98 Å². The highest BCUT2D eigenvalue weighted by molar-refractivity contribution is 8.44. The largest absolute Gasteiger partial charge is 0.474 e. The third-order valence-corrected chi connectivity index (χ3v) is 11.2. The van der Waals surface area contributed by atoms with Gasteiger partial charge in [0, 0.05) is 31.0 Å². The minimum Gasteiger partial charge on any atom is -0.474 e. The molecule has 0 spiro atoms. The SMILES string of the molecule is CNCCCC(=O)Nc1nc2c(ncn2[C@@H]2O[C@@H]3CO[P@@](=O)(S)O[C@H]4C[C@H](Oc5ccncn5)C[C@@H]4CO[P@@](=O)(S)O[C@@H]2[C@@H]3O)c(=O)[nH]1. The first kappa shape index (κ1) is 35.4. The van der Waals surface area contributed by atoms with Crippen LogP contribution in [0.4, 0.5) is 5.95 Å². The number of aliphatic hydroxyl groups is 1. The zero-order chi connectivity index (χ0) is 34.1. The molecule has 19 nitrogen and oxygen atoms in total. The van der Waals surface area contributed by atoms with E-state index in [4.69, 9.17) is 27.6 Å². The van der Waals surface area contributed by atoms with Gasteiger partial charge in [-0.1, -0.05) is 24.5 Å². The summed E-state index contributed by atoms with van der Waals surface area (Å²) < 4.78 is 63.1. The molecule has 1 amide bonds. The lowest BCUT2D eigenvalue weighted by molar-refractivity contribution is -0.116. The minimum atomic E-state index is -4.23. The Balaban J connectivity index is 1.25. The third kappa shape index (κ3) is 8.30. The summed E-state index contributed by atoms with van der Waals surface area (Å²) in [6, 6.07) is 1.59. The van der Waals surface area contributed by atoms with Crippen molar-refractivity contribution >= 4 is 61.1 Å². The Morgan fingerprint density at radius 3 is 2.73 bits per heavy atom. The molecule has 9 atom stereocenters. The van der Waals surface area contributed by atoms with Crippen LogP contribution in [0.5, 0.6) is 5.88 Å². The van der Waals surface area contributed by atoms with Crippen molar-refractivity contribution in [3.05, 3.63) is 35.3 Å². The molecule has 262 valence electrons. The average molecular weight is 749 g/mol. The van der Waals surface area contributed by atoms with Crippen LogP contribution in [0.2, 0.25) is 0 Å². The van der Waals surface area contributed by atoms with Crippen LogP contribution in [-0.4, -0.2) is 97.8 Å². The number of imidazole rings is 1. The number of aromatic nitrogens is 6. The predicted octanol–water partition coefficient (Wildman–Crippen LogP) is 1.86. The summed E-state index contributed by atoms with van der Waals surface area (Å²) in [5.41, 5.74) is -0.815. The molecule has 3 aliphatic rings. The number of H-pyrrole nitrogens is 1. The van der Waals surface area contributed by atoms with E-state index in [1.807, 2.05) is 0 Å². The van der Waals surface area contributed by atoms with E-state index in [2.05, 4.69) is 60.1 Å². The van der Waals surface area contributed by atoms with E-state index < -0.39 is 68.4 Å². The molecular weight excluding hydrogens is 714 g/mol. The van der Waals surface area contributed by atoms with Crippen molar-refractivity contribution in [2.24, 2.45) is 5.92 Å². The molecule has 3 aromatic rings. The van der Waals surface area contributed by atoms with Crippen molar-refractivity contribution in [1.29, 1.82) is 0 Å².